The van der Waals surface area contributed by atoms with Crippen LogP contribution in [0.3, 0.4) is 0 Å². The first-order valence-electron chi connectivity index (χ1n) is 6.15. The Hall–Kier alpha value is -2.07. The molecular weight excluding hydrogens is 243 g/mol. The molecular formula is C15H17FN2O. The van der Waals surface area contributed by atoms with Crippen LogP contribution in [-0.2, 0) is 6.54 Å². The number of anilines is 2. The van der Waals surface area contributed by atoms with E-state index in [0.717, 1.165) is 5.56 Å². The molecule has 0 aromatic heterocycles. The highest BCUT2D eigenvalue weighted by atomic mass is 19.1. The van der Waals surface area contributed by atoms with Gasteiger partial charge in [0.1, 0.15) is 5.82 Å². The fourth-order valence-corrected chi connectivity index (χ4v) is 1.94. The molecule has 0 atom stereocenters. The van der Waals surface area contributed by atoms with Gasteiger partial charge >= 0.3 is 0 Å². The molecule has 0 aliphatic rings. The van der Waals surface area contributed by atoms with E-state index in [1.807, 2.05) is 35.2 Å². The van der Waals surface area contributed by atoms with Gasteiger partial charge in [-0.05, 0) is 23.8 Å². The smallest absolute Gasteiger partial charge is 0.148 e. The van der Waals surface area contributed by atoms with Crippen LogP contribution in [0.25, 0.3) is 0 Å². The molecule has 0 amide bonds. The highest BCUT2D eigenvalue weighted by Gasteiger charge is 2.09. The highest BCUT2D eigenvalue weighted by Crippen LogP contribution is 2.21. The zero-order valence-corrected chi connectivity index (χ0v) is 10.6. The van der Waals surface area contributed by atoms with Crippen LogP contribution in [0, 0.1) is 5.82 Å². The van der Waals surface area contributed by atoms with Crippen LogP contribution in [0.4, 0.5) is 15.8 Å². The molecule has 0 bridgehead atoms. The maximum Gasteiger partial charge on any atom is 0.148 e. The summed E-state index contributed by atoms with van der Waals surface area (Å²) in [5, 5.41) is 9.14. The molecule has 19 heavy (non-hydrogen) atoms. The predicted octanol–water partition coefficient (Wildman–Crippen LogP) is 2.41. The number of benzene rings is 2. The predicted molar refractivity (Wildman–Crippen MR) is 75.4 cm³/mol. The van der Waals surface area contributed by atoms with Crippen molar-refractivity contribution in [3.05, 3.63) is 59.9 Å². The summed E-state index contributed by atoms with van der Waals surface area (Å²) in [4.78, 5) is 1.91. The molecule has 0 fully saturated rings. The molecule has 2 aromatic carbocycles. The summed E-state index contributed by atoms with van der Waals surface area (Å²) in [6.07, 6.45) is 0. The third-order valence-electron chi connectivity index (χ3n) is 2.94. The van der Waals surface area contributed by atoms with Gasteiger partial charge in [0.05, 0.1) is 12.3 Å². The minimum atomic E-state index is -0.437. The first kappa shape index (κ1) is 13.4. The fraction of sp³-hybridized carbons (Fsp3) is 0.200. The summed E-state index contributed by atoms with van der Waals surface area (Å²) in [5.41, 5.74) is 7.42. The average Bonchev–Trinajstić information content (AvgIpc) is 2.43. The van der Waals surface area contributed by atoms with Gasteiger partial charge in [-0.3, -0.25) is 0 Å². The summed E-state index contributed by atoms with van der Waals surface area (Å²) in [6.45, 7) is 1.07. The number of hydrogen-bond acceptors (Lipinski definition) is 3. The molecule has 4 heteroatoms. The Bertz CT molecular complexity index is 531. The Labute approximate surface area is 112 Å². The molecule has 0 spiro atoms. The Morgan fingerprint density at radius 3 is 2.47 bits per heavy atom. The second kappa shape index (κ2) is 6.20. The summed E-state index contributed by atoms with van der Waals surface area (Å²) in [7, 11) is 0. The fourth-order valence-electron chi connectivity index (χ4n) is 1.94. The molecule has 0 aliphatic carbocycles. The van der Waals surface area contributed by atoms with Gasteiger partial charge in [-0.15, -0.1) is 0 Å². The number of nitrogens with two attached hydrogens (primary N) is 1. The van der Waals surface area contributed by atoms with Gasteiger partial charge in [0, 0.05) is 18.8 Å². The Balaban J connectivity index is 2.21. The monoisotopic (exact) mass is 260 g/mol. The van der Waals surface area contributed by atoms with Crippen LogP contribution in [-0.4, -0.2) is 18.3 Å². The number of aliphatic hydroxyl groups excluding tert-OH is 1. The molecule has 3 nitrogen and oxygen atoms in total. The van der Waals surface area contributed by atoms with Gasteiger partial charge in [0.15, 0.2) is 0 Å². The van der Waals surface area contributed by atoms with Crippen molar-refractivity contribution < 1.29 is 9.50 Å². The summed E-state index contributed by atoms with van der Waals surface area (Å²) < 4.78 is 13.5. The van der Waals surface area contributed by atoms with Gasteiger partial charge in [-0.25, -0.2) is 4.39 Å². The molecule has 2 aromatic rings. The first-order valence-corrected chi connectivity index (χ1v) is 6.15. The lowest BCUT2D eigenvalue weighted by atomic mass is 10.2. The number of halogens is 1. The van der Waals surface area contributed by atoms with Crippen molar-refractivity contribution in [3.63, 3.8) is 0 Å². The number of nitrogen functional groups attached to an aromatic ring is 1. The maximum atomic E-state index is 13.5. The van der Waals surface area contributed by atoms with Crippen molar-refractivity contribution in [2.75, 3.05) is 23.8 Å². The SMILES string of the molecule is Nc1ccc(N(CCO)Cc2ccccc2)cc1F. The minimum Gasteiger partial charge on any atom is -0.396 e. The topological polar surface area (TPSA) is 49.5 Å². The van der Waals surface area contributed by atoms with Gasteiger partial charge in [0.25, 0.3) is 0 Å². The van der Waals surface area contributed by atoms with E-state index in [2.05, 4.69) is 0 Å². The van der Waals surface area contributed by atoms with Crippen LogP contribution in [0.2, 0.25) is 0 Å². The molecule has 100 valence electrons. The number of rotatable bonds is 5. The molecule has 0 heterocycles. The lowest BCUT2D eigenvalue weighted by Gasteiger charge is -2.24. The lowest BCUT2D eigenvalue weighted by Crippen LogP contribution is -2.26. The van der Waals surface area contributed by atoms with E-state index in [1.54, 1.807) is 12.1 Å². The van der Waals surface area contributed by atoms with Crippen molar-refractivity contribution in [2.45, 2.75) is 6.54 Å². The molecule has 0 unspecified atom stereocenters. The quantitative estimate of drug-likeness (QED) is 0.812. The number of nitrogens with zero attached hydrogens (tertiary/aromatic N) is 1. The second-order valence-electron chi connectivity index (χ2n) is 4.34. The van der Waals surface area contributed by atoms with E-state index in [0.29, 0.717) is 18.8 Å². The Morgan fingerprint density at radius 1 is 1.11 bits per heavy atom. The van der Waals surface area contributed by atoms with E-state index >= 15 is 0 Å². The lowest BCUT2D eigenvalue weighted by molar-refractivity contribution is 0.301. The zero-order valence-electron chi connectivity index (χ0n) is 10.6. The Morgan fingerprint density at radius 2 is 1.84 bits per heavy atom. The van der Waals surface area contributed by atoms with Crippen molar-refractivity contribution in [2.24, 2.45) is 0 Å². The van der Waals surface area contributed by atoms with Crippen molar-refractivity contribution >= 4 is 11.4 Å². The third-order valence-corrected chi connectivity index (χ3v) is 2.94. The second-order valence-corrected chi connectivity index (χ2v) is 4.34. The highest BCUT2D eigenvalue weighted by molar-refractivity contribution is 5.54. The van der Waals surface area contributed by atoms with E-state index in [9.17, 15) is 4.39 Å². The molecule has 0 radical (unpaired) electrons. The van der Waals surface area contributed by atoms with Crippen LogP contribution in [0.15, 0.2) is 48.5 Å². The molecule has 0 aliphatic heterocycles. The summed E-state index contributed by atoms with van der Waals surface area (Å²) >= 11 is 0. The number of hydrogen-bond donors (Lipinski definition) is 2. The Kier molecular flexibility index (Phi) is 4.36. The standard InChI is InChI=1S/C15H17FN2O/c16-14-10-13(6-7-15(14)17)18(8-9-19)11-12-4-2-1-3-5-12/h1-7,10,19H,8-9,11,17H2. The molecule has 2 rings (SSSR count). The van der Waals surface area contributed by atoms with Gasteiger partial charge in [-0.1, -0.05) is 30.3 Å². The van der Waals surface area contributed by atoms with Gasteiger partial charge in [0.2, 0.25) is 0 Å². The maximum absolute atomic E-state index is 13.5. The van der Waals surface area contributed by atoms with Crippen LogP contribution < -0.4 is 10.6 Å². The van der Waals surface area contributed by atoms with E-state index in [1.165, 1.54) is 6.07 Å². The summed E-state index contributed by atoms with van der Waals surface area (Å²) in [5.74, 6) is -0.437. The molecule has 0 saturated carbocycles. The van der Waals surface area contributed by atoms with Crippen molar-refractivity contribution in [1.82, 2.24) is 0 Å². The van der Waals surface area contributed by atoms with Gasteiger partial charge < -0.3 is 15.7 Å². The van der Waals surface area contributed by atoms with Crippen LogP contribution >= 0.6 is 0 Å². The first-order chi connectivity index (χ1) is 9.20. The van der Waals surface area contributed by atoms with E-state index in [4.69, 9.17) is 10.8 Å². The van der Waals surface area contributed by atoms with Crippen LogP contribution in [0.1, 0.15) is 5.56 Å². The van der Waals surface area contributed by atoms with E-state index < -0.39 is 5.82 Å². The summed E-state index contributed by atoms with van der Waals surface area (Å²) in [6, 6.07) is 14.6. The average molecular weight is 260 g/mol. The molecule has 0 saturated heterocycles. The minimum absolute atomic E-state index is 0.0127. The van der Waals surface area contributed by atoms with Crippen LogP contribution in [0.5, 0.6) is 0 Å². The van der Waals surface area contributed by atoms with Crippen molar-refractivity contribution in [1.29, 1.82) is 0 Å². The van der Waals surface area contributed by atoms with Crippen molar-refractivity contribution in [3.8, 4) is 0 Å². The number of aliphatic hydroxyl groups is 1. The zero-order chi connectivity index (χ0) is 13.7. The van der Waals surface area contributed by atoms with Gasteiger partial charge in [-0.2, -0.15) is 0 Å². The van der Waals surface area contributed by atoms with E-state index in [-0.39, 0.29) is 12.3 Å². The third kappa shape index (κ3) is 3.45. The molecule has 3 N–H and O–H groups in total. The normalized spacial score (nSPS) is 10.4. The largest absolute Gasteiger partial charge is 0.396 e.